The number of carbonyl (C=O) groups excluding carboxylic acids is 2. The Balaban J connectivity index is 1.49. The minimum atomic E-state index is -0.0520. The number of piperidine rings is 1. The van der Waals surface area contributed by atoms with Gasteiger partial charge in [0.15, 0.2) is 0 Å². The Morgan fingerprint density at radius 3 is 2.63 bits per heavy atom. The van der Waals surface area contributed by atoms with Crippen LogP contribution in [0.4, 0.5) is 5.69 Å². The summed E-state index contributed by atoms with van der Waals surface area (Å²) in [6, 6.07) is 7.88. The van der Waals surface area contributed by atoms with Gasteiger partial charge in [0.05, 0.1) is 11.4 Å². The van der Waals surface area contributed by atoms with Gasteiger partial charge in [-0.1, -0.05) is 18.2 Å². The molecule has 0 bridgehead atoms. The summed E-state index contributed by atoms with van der Waals surface area (Å²) in [6.07, 6.45) is 6.93. The molecule has 2 aromatic rings. The fourth-order valence-electron chi connectivity index (χ4n) is 4.05. The van der Waals surface area contributed by atoms with Gasteiger partial charge in [-0.3, -0.25) is 9.59 Å². The minimum absolute atomic E-state index is 0.0367. The number of para-hydroxylation sites is 1. The zero-order valence-electron chi connectivity index (χ0n) is 15.8. The van der Waals surface area contributed by atoms with Crippen molar-refractivity contribution in [3.8, 4) is 11.3 Å². The van der Waals surface area contributed by atoms with E-state index < -0.39 is 0 Å². The molecule has 0 radical (unpaired) electrons. The van der Waals surface area contributed by atoms with Gasteiger partial charge >= 0.3 is 0 Å². The summed E-state index contributed by atoms with van der Waals surface area (Å²) >= 11 is 0. The number of hydrogen-bond donors (Lipinski definition) is 1. The number of imidazole rings is 1. The SMILES string of the molecule is CC(=O)N1CCC(C(=O)Nc2ccccc2-c2cn3c(n2)CCCC3)CC1. The van der Waals surface area contributed by atoms with Crippen molar-refractivity contribution in [1.29, 1.82) is 0 Å². The van der Waals surface area contributed by atoms with Crippen molar-refractivity contribution in [3.63, 3.8) is 0 Å². The van der Waals surface area contributed by atoms with Crippen LogP contribution in [0.5, 0.6) is 0 Å². The number of rotatable bonds is 3. The van der Waals surface area contributed by atoms with Crippen molar-refractivity contribution < 1.29 is 9.59 Å². The molecule has 27 heavy (non-hydrogen) atoms. The van der Waals surface area contributed by atoms with Crippen molar-refractivity contribution in [3.05, 3.63) is 36.3 Å². The highest BCUT2D eigenvalue weighted by Gasteiger charge is 2.26. The zero-order chi connectivity index (χ0) is 18.8. The molecule has 1 aromatic carbocycles. The molecule has 1 N–H and O–H groups in total. The highest BCUT2D eigenvalue weighted by atomic mass is 16.2. The monoisotopic (exact) mass is 366 g/mol. The Morgan fingerprint density at radius 2 is 1.89 bits per heavy atom. The predicted molar refractivity (Wildman–Crippen MR) is 104 cm³/mol. The molecular weight excluding hydrogens is 340 g/mol. The molecule has 0 aliphatic carbocycles. The molecule has 0 spiro atoms. The average Bonchev–Trinajstić information content (AvgIpc) is 3.12. The maximum atomic E-state index is 12.8. The largest absolute Gasteiger partial charge is 0.343 e. The first kappa shape index (κ1) is 17.8. The van der Waals surface area contributed by atoms with E-state index in [4.69, 9.17) is 4.98 Å². The molecule has 3 heterocycles. The fourth-order valence-corrected chi connectivity index (χ4v) is 4.05. The van der Waals surface area contributed by atoms with Crippen molar-refractivity contribution in [2.75, 3.05) is 18.4 Å². The van der Waals surface area contributed by atoms with E-state index in [0.29, 0.717) is 25.9 Å². The molecule has 0 unspecified atom stereocenters. The van der Waals surface area contributed by atoms with Gasteiger partial charge in [0, 0.05) is 50.7 Å². The summed E-state index contributed by atoms with van der Waals surface area (Å²) in [6.45, 7) is 3.92. The minimum Gasteiger partial charge on any atom is -0.343 e. The summed E-state index contributed by atoms with van der Waals surface area (Å²) < 4.78 is 2.23. The first-order valence-corrected chi connectivity index (χ1v) is 9.83. The number of fused-ring (bicyclic) bond motifs is 1. The Kier molecular flexibility index (Phi) is 4.97. The number of aromatic nitrogens is 2. The van der Waals surface area contributed by atoms with Gasteiger partial charge in [-0.2, -0.15) is 0 Å². The van der Waals surface area contributed by atoms with Crippen molar-refractivity contribution in [2.24, 2.45) is 5.92 Å². The number of benzene rings is 1. The third kappa shape index (κ3) is 3.75. The Bertz CT molecular complexity index is 826. The molecule has 142 valence electrons. The highest BCUT2D eigenvalue weighted by molar-refractivity contribution is 5.96. The van der Waals surface area contributed by atoms with E-state index in [-0.39, 0.29) is 17.7 Å². The fraction of sp³-hybridized carbons (Fsp3) is 0.476. The second-order valence-corrected chi connectivity index (χ2v) is 7.51. The first-order chi connectivity index (χ1) is 13.1. The predicted octanol–water partition coefficient (Wildman–Crippen LogP) is 3.08. The molecule has 6 nitrogen and oxygen atoms in total. The van der Waals surface area contributed by atoms with Crippen LogP contribution in [0.15, 0.2) is 30.5 Å². The van der Waals surface area contributed by atoms with Gasteiger partial charge in [0.25, 0.3) is 0 Å². The smallest absolute Gasteiger partial charge is 0.227 e. The maximum Gasteiger partial charge on any atom is 0.227 e. The number of nitrogens with one attached hydrogen (secondary N) is 1. The number of aryl methyl sites for hydroxylation is 2. The maximum absolute atomic E-state index is 12.8. The third-order valence-electron chi connectivity index (χ3n) is 5.68. The molecular formula is C21H26N4O2. The molecule has 2 aliphatic rings. The van der Waals surface area contributed by atoms with Crippen LogP contribution in [-0.2, 0) is 22.6 Å². The second kappa shape index (κ2) is 7.55. The Labute approximate surface area is 159 Å². The van der Waals surface area contributed by atoms with Crippen molar-refractivity contribution in [2.45, 2.75) is 45.6 Å². The van der Waals surface area contributed by atoms with E-state index >= 15 is 0 Å². The van der Waals surface area contributed by atoms with E-state index in [1.807, 2.05) is 29.2 Å². The van der Waals surface area contributed by atoms with Gasteiger partial charge in [0.1, 0.15) is 5.82 Å². The quantitative estimate of drug-likeness (QED) is 0.908. The molecule has 1 saturated heterocycles. The highest BCUT2D eigenvalue weighted by Crippen LogP contribution is 2.30. The number of anilines is 1. The molecule has 0 atom stereocenters. The number of hydrogen-bond acceptors (Lipinski definition) is 3. The lowest BCUT2D eigenvalue weighted by molar-refractivity contribution is -0.132. The van der Waals surface area contributed by atoms with Gasteiger partial charge in [-0.15, -0.1) is 0 Å². The Hall–Kier alpha value is -2.63. The molecule has 0 saturated carbocycles. The van der Waals surface area contributed by atoms with Crippen LogP contribution in [0.25, 0.3) is 11.3 Å². The van der Waals surface area contributed by atoms with Gasteiger partial charge < -0.3 is 14.8 Å². The lowest BCUT2D eigenvalue weighted by Crippen LogP contribution is -2.40. The average molecular weight is 366 g/mol. The van der Waals surface area contributed by atoms with E-state index in [1.165, 1.54) is 12.8 Å². The number of carbonyl (C=O) groups is 2. The Morgan fingerprint density at radius 1 is 1.11 bits per heavy atom. The number of likely N-dealkylation sites (tertiary alicyclic amines) is 1. The zero-order valence-corrected chi connectivity index (χ0v) is 15.8. The normalized spacial score (nSPS) is 17.4. The van der Waals surface area contributed by atoms with Crippen molar-refractivity contribution >= 4 is 17.5 Å². The topological polar surface area (TPSA) is 67.2 Å². The summed E-state index contributed by atoms with van der Waals surface area (Å²) in [7, 11) is 0. The van der Waals surface area contributed by atoms with E-state index in [0.717, 1.165) is 35.7 Å². The lowest BCUT2D eigenvalue weighted by Gasteiger charge is -2.30. The van der Waals surface area contributed by atoms with E-state index in [1.54, 1.807) is 6.92 Å². The van der Waals surface area contributed by atoms with Crippen LogP contribution in [-0.4, -0.2) is 39.4 Å². The lowest BCUT2D eigenvalue weighted by atomic mass is 9.95. The van der Waals surface area contributed by atoms with Crippen LogP contribution in [0.3, 0.4) is 0 Å². The molecule has 2 aliphatic heterocycles. The molecule has 1 fully saturated rings. The van der Waals surface area contributed by atoms with Crippen LogP contribution < -0.4 is 5.32 Å². The van der Waals surface area contributed by atoms with E-state index in [9.17, 15) is 9.59 Å². The second-order valence-electron chi connectivity index (χ2n) is 7.51. The van der Waals surface area contributed by atoms with Crippen LogP contribution in [0.2, 0.25) is 0 Å². The number of amides is 2. The van der Waals surface area contributed by atoms with Crippen LogP contribution >= 0.6 is 0 Å². The van der Waals surface area contributed by atoms with Crippen LogP contribution in [0.1, 0.15) is 38.4 Å². The molecule has 1 aromatic heterocycles. The molecule has 2 amide bonds. The summed E-state index contributed by atoms with van der Waals surface area (Å²) in [4.78, 5) is 30.9. The van der Waals surface area contributed by atoms with E-state index in [2.05, 4.69) is 16.1 Å². The van der Waals surface area contributed by atoms with Crippen molar-refractivity contribution in [1.82, 2.24) is 14.5 Å². The number of nitrogens with zero attached hydrogens (tertiary/aromatic N) is 3. The first-order valence-electron chi connectivity index (χ1n) is 9.83. The summed E-state index contributed by atoms with van der Waals surface area (Å²) in [5.41, 5.74) is 2.70. The molecule has 4 rings (SSSR count). The van der Waals surface area contributed by atoms with Gasteiger partial charge in [-0.05, 0) is 31.7 Å². The van der Waals surface area contributed by atoms with Crippen LogP contribution in [0, 0.1) is 5.92 Å². The summed E-state index contributed by atoms with van der Waals surface area (Å²) in [5.74, 6) is 1.20. The third-order valence-corrected chi connectivity index (χ3v) is 5.68. The summed E-state index contributed by atoms with van der Waals surface area (Å²) in [5, 5.41) is 3.11. The standard InChI is InChI=1S/C21H26N4O2/c1-15(26)24-12-9-16(10-13-24)21(27)23-18-7-3-2-6-17(18)19-14-25-11-5-4-8-20(25)22-19/h2-3,6-7,14,16H,4-5,8-13H2,1H3,(H,23,27). The van der Waals surface area contributed by atoms with Gasteiger partial charge in [-0.25, -0.2) is 4.98 Å². The van der Waals surface area contributed by atoms with Gasteiger partial charge in [0.2, 0.25) is 11.8 Å². The molecule has 6 heteroatoms.